The molecule has 0 unspecified atom stereocenters. The van der Waals surface area contributed by atoms with Crippen molar-refractivity contribution in [3.63, 3.8) is 0 Å². The van der Waals surface area contributed by atoms with Gasteiger partial charge in [0.2, 0.25) is 0 Å². The lowest BCUT2D eigenvalue weighted by Crippen LogP contribution is -1.92. The van der Waals surface area contributed by atoms with E-state index >= 15 is 0 Å². The molecule has 0 bridgehead atoms. The molecule has 3 aromatic carbocycles. The van der Waals surface area contributed by atoms with Crippen LogP contribution in [0.25, 0.3) is 10.6 Å². The van der Waals surface area contributed by atoms with Gasteiger partial charge in [0.05, 0.1) is 10.1 Å². The molecule has 25 heavy (non-hydrogen) atoms. The Hall–Kier alpha value is -1.65. The standard InChI is InChI=1S/C21H18ClNS2/c22-21(18-9-5-2-6-10-18)20(16-7-3-1-4-8-16)17-11-13-19(14-12-17)24-15-25-23/h1-14H,15,23H2. The van der Waals surface area contributed by atoms with Crippen LogP contribution in [0, 0.1) is 0 Å². The van der Waals surface area contributed by atoms with Crippen molar-refractivity contribution in [2.45, 2.75) is 4.90 Å². The second-order valence-electron chi connectivity index (χ2n) is 5.37. The van der Waals surface area contributed by atoms with E-state index in [1.165, 1.54) is 16.8 Å². The lowest BCUT2D eigenvalue weighted by molar-refractivity contribution is 1.43. The largest absolute Gasteiger partial charge is 0.277 e. The molecular formula is C21H18ClNS2. The summed E-state index contributed by atoms with van der Waals surface area (Å²) in [5.41, 5.74) is 4.26. The van der Waals surface area contributed by atoms with E-state index in [-0.39, 0.29) is 0 Å². The van der Waals surface area contributed by atoms with Crippen molar-refractivity contribution >= 4 is 45.9 Å². The van der Waals surface area contributed by atoms with Crippen molar-refractivity contribution in [1.29, 1.82) is 0 Å². The highest BCUT2D eigenvalue weighted by Gasteiger charge is 2.12. The summed E-state index contributed by atoms with van der Waals surface area (Å²) < 4.78 is 0. The van der Waals surface area contributed by atoms with Gasteiger partial charge in [-0.1, -0.05) is 96.3 Å². The molecule has 0 aliphatic rings. The predicted molar refractivity (Wildman–Crippen MR) is 114 cm³/mol. The zero-order valence-electron chi connectivity index (χ0n) is 13.6. The van der Waals surface area contributed by atoms with E-state index in [1.54, 1.807) is 11.8 Å². The first kappa shape index (κ1) is 18.2. The second kappa shape index (κ2) is 9.16. The van der Waals surface area contributed by atoms with Gasteiger partial charge in [-0.2, -0.15) is 0 Å². The lowest BCUT2D eigenvalue weighted by atomic mass is 9.95. The zero-order chi connectivity index (χ0) is 17.5. The van der Waals surface area contributed by atoms with Crippen LogP contribution in [0.3, 0.4) is 0 Å². The summed E-state index contributed by atoms with van der Waals surface area (Å²) in [4.78, 5) is 1.20. The van der Waals surface area contributed by atoms with E-state index < -0.39 is 0 Å². The van der Waals surface area contributed by atoms with Crippen LogP contribution in [0.15, 0.2) is 89.8 Å². The molecule has 4 heteroatoms. The molecule has 0 amide bonds. The summed E-state index contributed by atoms with van der Waals surface area (Å²) >= 11 is 9.89. The maximum atomic E-state index is 6.82. The van der Waals surface area contributed by atoms with E-state index in [1.807, 2.05) is 48.5 Å². The minimum absolute atomic E-state index is 0.754. The van der Waals surface area contributed by atoms with E-state index in [0.717, 1.165) is 32.4 Å². The van der Waals surface area contributed by atoms with Crippen LogP contribution in [-0.2, 0) is 0 Å². The third kappa shape index (κ3) is 4.71. The van der Waals surface area contributed by atoms with Gasteiger partial charge in [0, 0.05) is 10.5 Å². The van der Waals surface area contributed by atoms with Gasteiger partial charge in [0.15, 0.2) is 0 Å². The highest BCUT2D eigenvalue weighted by molar-refractivity contribution is 8.15. The molecule has 0 spiro atoms. The summed E-state index contributed by atoms with van der Waals surface area (Å²) in [5.74, 6) is 0. The SMILES string of the molecule is NSCSc1ccc(C(=C(Cl)c2ccccc2)c2ccccc2)cc1. The zero-order valence-corrected chi connectivity index (χ0v) is 16.0. The van der Waals surface area contributed by atoms with Crippen LogP contribution in [-0.4, -0.2) is 5.08 Å². The smallest absolute Gasteiger partial charge is 0.0582 e. The topological polar surface area (TPSA) is 26.0 Å². The first-order chi connectivity index (χ1) is 12.3. The number of benzene rings is 3. The van der Waals surface area contributed by atoms with Crippen molar-refractivity contribution in [1.82, 2.24) is 0 Å². The number of hydrogen-bond donors (Lipinski definition) is 1. The van der Waals surface area contributed by atoms with Gasteiger partial charge in [-0.3, -0.25) is 5.14 Å². The van der Waals surface area contributed by atoms with E-state index in [0.29, 0.717) is 0 Å². The Bertz CT molecular complexity index is 831. The Labute approximate surface area is 162 Å². The van der Waals surface area contributed by atoms with Gasteiger partial charge < -0.3 is 0 Å². The molecule has 0 atom stereocenters. The molecular weight excluding hydrogens is 366 g/mol. The Balaban J connectivity index is 2.06. The van der Waals surface area contributed by atoms with Crippen LogP contribution < -0.4 is 5.14 Å². The van der Waals surface area contributed by atoms with Crippen molar-refractivity contribution in [2.24, 2.45) is 5.14 Å². The molecule has 3 rings (SSSR count). The van der Waals surface area contributed by atoms with Crippen LogP contribution in [0.4, 0.5) is 0 Å². The molecule has 0 saturated carbocycles. The van der Waals surface area contributed by atoms with Gasteiger partial charge in [-0.05, 0) is 28.8 Å². The number of rotatable bonds is 6. The summed E-state index contributed by atoms with van der Waals surface area (Å²) in [6.45, 7) is 0. The van der Waals surface area contributed by atoms with E-state index in [9.17, 15) is 0 Å². The minimum atomic E-state index is 0.754. The summed E-state index contributed by atoms with van der Waals surface area (Å²) in [6.07, 6.45) is 0. The summed E-state index contributed by atoms with van der Waals surface area (Å²) in [5, 5.41) is 7.10. The normalized spacial score (nSPS) is 11.9. The van der Waals surface area contributed by atoms with Gasteiger partial charge in [0.1, 0.15) is 0 Å². The number of nitrogens with two attached hydrogens (primary N) is 1. The molecule has 0 aliphatic carbocycles. The molecule has 2 N–H and O–H groups in total. The molecule has 0 aromatic heterocycles. The fourth-order valence-electron chi connectivity index (χ4n) is 2.57. The van der Waals surface area contributed by atoms with Gasteiger partial charge in [0.25, 0.3) is 0 Å². The van der Waals surface area contributed by atoms with Crippen LogP contribution >= 0.6 is 35.3 Å². The molecule has 0 saturated heterocycles. The minimum Gasteiger partial charge on any atom is -0.277 e. The maximum absolute atomic E-state index is 6.82. The average Bonchev–Trinajstić information content (AvgIpc) is 2.69. The van der Waals surface area contributed by atoms with Gasteiger partial charge in [-0.25, -0.2) is 0 Å². The predicted octanol–water partition coefficient (Wildman–Crippen LogP) is 6.50. The summed E-state index contributed by atoms with van der Waals surface area (Å²) in [6, 6.07) is 28.8. The van der Waals surface area contributed by atoms with Crippen molar-refractivity contribution in [2.75, 3.05) is 5.08 Å². The molecule has 0 fully saturated rings. The van der Waals surface area contributed by atoms with Gasteiger partial charge in [-0.15, -0.1) is 11.8 Å². The van der Waals surface area contributed by atoms with Crippen molar-refractivity contribution in [3.05, 3.63) is 102 Å². The molecule has 126 valence electrons. The first-order valence-corrected chi connectivity index (χ1v) is 10.3. The van der Waals surface area contributed by atoms with E-state index in [2.05, 4.69) is 36.4 Å². The second-order valence-corrected chi connectivity index (χ2v) is 7.79. The monoisotopic (exact) mass is 383 g/mol. The van der Waals surface area contributed by atoms with Crippen molar-refractivity contribution in [3.8, 4) is 0 Å². The lowest BCUT2D eigenvalue weighted by Gasteiger charge is -2.13. The third-order valence-corrected chi connectivity index (χ3v) is 5.77. The van der Waals surface area contributed by atoms with Crippen molar-refractivity contribution < 1.29 is 0 Å². The fourth-order valence-corrected chi connectivity index (χ4v) is 4.06. The summed E-state index contributed by atoms with van der Waals surface area (Å²) in [7, 11) is 0. The molecule has 0 aliphatic heterocycles. The Morgan fingerprint density at radius 1 is 0.720 bits per heavy atom. The van der Waals surface area contributed by atoms with E-state index in [4.69, 9.17) is 16.7 Å². The highest BCUT2D eigenvalue weighted by atomic mass is 35.5. The number of halogens is 1. The highest BCUT2D eigenvalue weighted by Crippen LogP contribution is 2.35. The Kier molecular flexibility index (Phi) is 6.65. The molecule has 1 nitrogen and oxygen atoms in total. The molecule has 3 aromatic rings. The number of thioether (sulfide) groups is 1. The van der Waals surface area contributed by atoms with Crippen LogP contribution in [0.1, 0.15) is 16.7 Å². The van der Waals surface area contributed by atoms with Crippen LogP contribution in [0.2, 0.25) is 0 Å². The Morgan fingerprint density at radius 2 is 1.24 bits per heavy atom. The molecule has 0 heterocycles. The fraction of sp³-hybridized carbons (Fsp3) is 0.0476. The van der Waals surface area contributed by atoms with Crippen LogP contribution in [0.5, 0.6) is 0 Å². The Morgan fingerprint density at radius 3 is 1.80 bits per heavy atom. The quantitative estimate of drug-likeness (QED) is 0.228. The average molecular weight is 384 g/mol. The third-order valence-electron chi connectivity index (χ3n) is 3.75. The van der Waals surface area contributed by atoms with Gasteiger partial charge >= 0.3 is 0 Å². The maximum Gasteiger partial charge on any atom is 0.0582 e. The molecule has 0 radical (unpaired) electrons. The first-order valence-electron chi connectivity index (χ1n) is 7.85. The number of hydrogen-bond acceptors (Lipinski definition) is 3.